The summed E-state index contributed by atoms with van der Waals surface area (Å²) in [4.78, 5) is 38.0. The zero-order valence-corrected chi connectivity index (χ0v) is 20.3. The fraction of sp³-hybridized carbons (Fsp3) is 0.393. The lowest BCUT2D eigenvalue weighted by molar-refractivity contribution is -0.146. The first-order valence-corrected chi connectivity index (χ1v) is 12.0. The predicted octanol–water partition coefficient (Wildman–Crippen LogP) is 5.30. The van der Waals surface area contributed by atoms with Gasteiger partial charge in [0.05, 0.1) is 5.92 Å². The summed E-state index contributed by atoms with van der Waals surface area (Å²) in [5.74, 6) is -1.36. The third-order valence-corrected chi connectivity index (χ3v) is 6.36. The molecular weight excluding hydrogens is 430 g/mol. The van der Waals surface area contributed by atoms with Gasteiger partial charge in [0.15, 0.2) is 0 Å². The van der Waals surface area contributed by atoms with Crippen LogP contribution >= 0.6 is 0 Å². The zero-order valence-electron chi connectivity index (χ0n) is 20.3. The summed E-state index contributed by atoms with van der Waals surface area (Å²) in [7, 11) is 0. The topological polar surface area (TPSA) is 87.8 Å². The van der Waals surface area contributed by atoms with Crippen LogP contribution in [-0.2, 0) is 16.0 Å². The molecule has 1 atom stereocenters. The van der Waals surface area contributed by atoms with Crippen LogP contribution in [0.5, 0.6) is 0 Å². The number of amides is 1. The molecule has 0 radical (unpaired) electrons. The molecule has 1 N–H and O–H groups in total. The second-order valence-corrected chi connectivity index (χ2v) is 8.67. The quantitative estimate of drug-likeness (QED) is 0.519. The van der Waals surface area contributed by atoms with Crippen LogP contribution in [0.2, 0.25) is 0 Å². The Balaban J connectivity index is 0.00000158. The smallest absolute Gasteiger partial charge is 0.336 e. The lowest BCUT2D eigenvalue weighted by Gasteiger charge is -2.32. The summed E-state index contributed by atoms with van der Waals surface area (Å²) in [6, 6.07) is 15.2. The van der Waals surface area contributed by atoms with Crippen LogP contribution in [-0.4, -0.2) is 35.0 Å². The molecule has 6 nitrogen and oxygen atoms in total. The van der Waals surface area contributed by atoms with Crippen molar-refractivity contribution in [3.8, 4) is 11.1 Å². The van der Waals surface area contributed by atoms with Crippen molar-refractivity contribution in [1.82, 2.24) is 4.90 Å². The average molecular weight is 464 g/mol. The normalized spacial score (nSPS) is 14.9. The van der Waals surface area contributed by atoms with Gasteiger partial charge < -0.3 is 14.4 Å². The van der Waals surface area contributed by atoms with Crippen molar-refractivity contribution in [3.63, 3.8) is 0 Å². The number of nitrogens with zero attached hydrogens (tertiary/aromatic N) is 1. The Morgan fingerprint density at radius 3 is 2.38 bits per heavy atom. The number of piperidine rings is 1. The van der Waals surface area contributed by atoms with Gasteiger partial charge in [-0.25, -0.2) is 4.79 Å². The first-order valence-electron chi connectivity index (χ1n) is 12.0. The number of carboxylic acid groups (broad SMARTS) is 1. The molecule has 0 bridgehead atoms. The number of hydrogen-bond acceptors (Lipinski definition) is 4. The SMILES string of the molecule is CC.Cc1ccccc1-c1cc(=O)oc2cc(CC(C)C(=O)N3CCC(C(=O)O)CC3)ccc12. The average Bonchev–Trinajstić information content (AvgIpc) is 2.84. The number of carboxylic acids is 1. The van der Waals surface area contributed by atoms with Crippen molar-refractivity contribution < 1.29 is 19.1 Å². The molecule has 1 aliphatic rings. The number of aryl methyl sites for hydroxylation is 1. The van der Waals surface area contributed by atoms with Gasteiger partial charge in [0, 0.05) is 36.0 Å². The molecule has 1 unspecified atom stereocenters. The molecule has 1 amide bonds. The highest BCUT2D eigenvalue weighted by Crippen LogP contribution is 2.30. The molecule has 0 aliphatic carbocycles. The minimum absolute atomic E-state index is 0.0315. The number of carbonyl (C=O) groups is 2. The highest BCUT2D eigenvalue weighted by molar-refractivity contribution is 5.94. The number of hydrogen-bond donors (Lipinski definition) is 1. The molecule has 2 heterocycles. The van der Waals surface area contributed by atoms with Gasteiger partial charge in [-0.05, 0) is 48.9 Å². The summed E-state index contributed by atoms with van der Waals surface area (Å²) < 4.78 is 5.49. The molecule has 1 fully saturated rings. The molecule has 2 aromatic carbocycles. The van der Waals surface area contributed by atoms with Gasteiger partial charge in [-0.15, -0.1) is 0 Å². The molecule has 34 heavy (non-hydrogen) atoms. The zero-order chi connectivity index (χ0) is 24.8. The Hall–Kier alpha value is -3.41. The summed E-state index contributed by atoms with van der Waals surface area (Å²) >= 11 is 0. The van der Waals surface area contributed by atoms with E-state index < -0.39 is 11.6 Å². The van der Waals surface area contributed by atoms with Gasteiger partial charge in [-0.3, -0.25) is 9.59 Å². The number of likely N-dealkylation sites (tertiary alicyclic amines) is 1. The number of carbonyl (C=O) groups excluding carboxylic acids is 1. The van der Waals surface area contributed by atoms with Gasteiger partial charge in [-0.1, -0.05) is 57.2 Å². The van der Waals surface area contributed by atoms with Crippen LogP contribution in [0.25, 0.3) is 22.1 Å². The van der Waals surface area contributed by atoms with Crippen LogP contribution < -0.4 is 5.63 Å². The summed E-state index contributed by atoms with van der Waals surface area (Å²) in [6.07, 6.45) is 1.51. The van der Waals surface area contributed by atoms with Gasteiger partial charge in [0.25, 0.3) is 0 Å². The van der Waals surface area contributed by atoms with Crippen LogP contribution in [0.4, 0.5) is 0 Å². The Bertz CT molecular complexity index is 1220. The maximum absolute atomic E-state index is 12.9. The van der Waals surface area contributed by atoms with E-state index in [1.54, 1.807) is 4.90 Å². The molecule has 1 aliphatic heterocycles. The molecule has 0 saturated carbocycles. The molecule has 6 heteroatoms. The summed E-state index contributed by atoms with van der Waals surface area (Å²) in [5, 5.41) is 10.0. The minimum Gasteiger partial charge on any atom is -0.481 e. The van der Waals surface area contributed by atoms with E-state index >= 15 is 0 Å². The maximum atomic E-state index is 12.9. The highest BCUT2D eigenvalue weighted by Gasteiger charge is 2.29. The number of rotatable bonds is 5. The van der Waals surface area contributed by atoms with Crippen molar-refractivity contribution in [2.24, 2.45) is 11.8 Å². The Morgan fingerprint density at radius 2 is 1.74 bits per heavy atom. The van der Waals surface area contributed by atoms with Gasteiger partial charge in [-0.2, -0.15) is 0 Å². The lowest BCUT2D eigenvalue weighted by atomic mass is 9.93. The summed E-state index contributed by atoms with van der Waals surface area (Å²) in [6.45, 7) is 8.85. The standard InChI is InChI=1S/C26H27NO5.C2H6/c1-16-5-3-4-6-20(16)22-15-24(28)32-23-14-18(7-8-21(22)23)13-17(2)25(29)27-11-9-19(10-12-27)26(30)31;1-2/h3-8,14-15,17,19H,9-13H2,1-2H3,(H,30,31);1-2H3. The largest absolute Gasteiger partial charge is 0.481 e. The van der Waals surface area contributed by atoms with E-state index in [9.17, 15) is 14.4 Å². The van der Waals surface area contributed by atoms with Crippen LogP contribution in [0, 0.1) is 18.8 Å². The van der Waals surface area contributed by atoms with Crippen molar-refractivity contribution in [2.45, 2.75) is 47.0 Å². The fourth-order valence-electron chi connectivity index (χ4n) is 4.53. The maximum Gasteiger partial charge on any atom is 0.336 e. The third-order valence-electron chi connectivity index (χ3n) is 6.36. The molecule has 1 saturated heterocycles. The van der Waals surface area contributed by atoms with Crippen molar-refractivity contribution >= 4 is 22.8 Å². The van der Waals surface area contributed by atoms with Crippen molar-refractivity contribution in [2.75, 3.05) is 13.1 Å². The highest BCUT2D eigenvalue weighted by atomic mass is 16.4. The van der Waals surface area contributed by atoms with E-state index in [1.807, 2.05) is 70.2 Å². The number of aliphatic carboxylic acids is 1. The minimum atomic E-state index is -0.784. The molecule has 3 aromatic rings. The van der Waals surface area contributed by atoms with Crippen LogP contribution in [0.15, 0.2) is 57.7 Å². The van der Waals surface area contributed by atoms with E-state index in [0.717, 1.165) is 27.6 Å². The molecule has 0 spiro atoms. The van der Waals surface area contributed by atoms with Gasteiger partial charge in [0.2, 0.25) is 5.91 Å². The number of fused-ring (bicyclic) bond motifs is 1. The van der Waals surface area contributed by atoms with Gasteiger partial charge in [0.1, 0.15) is 5.58 Å². The first kappa shape index (κ1) is 25.2. The van der Waals surface area contributed by atoms with E-state index in [4.69, 9.17) is 9.52 Å². The third kappa shape index (κ3) is 5.56. The Kier molecular flexibility index (Phi) is 8.26. The van der Waals surface area contributed by atoms with Gasteiger partial charge >= 0.3 is 11.6 Å². The fourth-order valence-corrected chi connectivity index (χ4v) is 4.53. The number of benzene rings is 2. The molecular formula is C28H33NO5. The van der Waals surface area contributed by atoms with Crippen LogP contribution in [0.3, 0.4) is 0 Å². The van der Waals surface area contributed by atoms with E-state index in [-0.39, 0.29) is 17.7 Å². The molecule has 1 aromatic heterocycles. The van der Waals surface area contributed by atoms with Crippen molar-refractivity contribution in [3.05, 3.63) is 70.1 Å². The second-order valence-electron chi connectivity index (χ2n) is 8.67. The Labute approximate surface area is 200 Å². The second kappa shape index (κ2) is 11.1. The predicted molar refractivity (Wildman–Crippen MR) is 134 cm³/mol. The van der Waals surface area contributed by atoms with E-state index in [1.165, 1.54) is 6.07 Å². The summed E-state index contributed by atoms with van der Waals surface area (Å²) in [5.41, 5.74) is 3.93. The van der Waals surface area contributed by atoms with E-state index in [2.05, 4.69) is 0 Å². The van der Waals surface area contributed by atoms with E-state index in [0.29, 0.717) is 37.9 Å². The molecule has 180 valence electrons. The lowest BCUT2D eigenvalue weighted by Crippen LogP contribution is -2.43. The Morgan fingerprint density at radius 1 is 1.06 bits per heavy atom. The monoisotopic (exact) mass is 463 g/mol. The van der Waals surface area contributed by atoms with Crippen LogP contribution in [0.1, 0.15) is 44.7 Å². The van der Waals surface area contributed by atoms with Crippen molar-refractivity contribution in [1.29, 1.82) is 0 Å². The first-order chi connectivity index (χ1) is 16.3. The molecule has 4 rings (SSSR count).